The third-order valence-corrected chi connectivity index (χ3v) is 8.28. The average Bonchev–Trinajstić information content (AvgIpc) is 3.30. The number of aryl methyl sites for hydroxylation is 1. The zero-order valence-electron chi connectivity index (χ0n) is 24.1. The van der Waals surface area contributed by atoms with Crippen LogP contribution in [0.25, 0.3) is 16.5 Å². The first kappa shape index (κ1) is 29.6. The number of amides is 1. The summed E-state index contributed by atoms with van der Waals surface area (Å²) < 4.78 is 34.3. The lowest BCUT2D eigenvalue weighted by molar-refractivity contribution is 0.0270. The number of fused-ring (bicyclic) bond motifs is 1. The molecule has 1 aliphatic rings. The highest BCUT2D eigenvalue weighted by Crippen LogP contribution is 2.32. The van der Waals surface area contributed by atoms with Crippen molar-refractivity contribution >= 4 is 38.4 Å². The summed E-state index contributed by atoms with van der Waals surface area (Å²) in [5.41, 5.74) is 2.19. The molecule has 0 aliphatic carbocycles. The molecule has 0 radical (unpaired) electrons. The summed E-state index contributed by atoms with van der Waals surface area (Å²) in [5, 5.41) is 10.2. The van der Waals surface area contributed by atoms with Crippen molar-refractivity contribution in [3.63, 3.8) is 0 Å². The maximum absolute atomic E-state index is 13.9. The van der Waals surface area contributed by atoms with Crippen molar-refractivity contribution in [3.05, 3.63) is 83.2 Å². The molecule has 9 nitrogen and oxygen atoms in total. The number of allylic oxidation sites excluding steroid dienone is 1. The molecule has 4 rings (SSSR count). The van der Waals surface area contributed by atoms with E-state index in [1.165, 1.54) is 24.4 Å². The zero-order valence-corrected chi connectivity index (χ0v) is 24.9. The Morgan fingerprint density at radius 3 is 2.32 bits per heavy atom. The third-order valence-electron chi connectivity index (χ3n) is 6.53. The van der Waals surface area contributed by atoms with Crippen LogP contribution in [0.3, 0.4) is 0 Å². The number of hydrogen-bond donors (Lipinski definition) is 0. The summed E-state index contributed by atoms with van der Waals surface area (Å²) in [5.74, 6) is -0.695. The standard InChI is InChI=1S/C31H34N4O5S/c1-21-7-10-26(11-8-21)41(38,39)35-27-12-9-23(22-13-15-34(16-14-22)30(37)40-31(2,3)4)17-24(27)18-28(35)29(36)25(19-32)20-33(5)6/h7-13,17-18,20H,14-16H2,1-6H3. The van der Waals surface area contributed by atoms with Crippen LogP contribution in [-0.4, -0.2) is 66.9 Å². The van der Waals surface area contributed by atoms with Gasteiger partial charge in [0.2, 0.25) is 5.78 Å². The van der Waals surface area contributed by atoms with E-state index in [-0.39, 0.29) is 22.3 Å². The molecule has 10 heteroatoms. The monoisotopic (exact) mass is 574 g/mol. The van der Waals surface area contributed by atoms with Crippen LogP contribution in [0.5, 0.6) is 0 Å². The van der Waals surface area contributed by atoms with Crippen LogP contribution in [0.1, 0.15) is 48.8 Å². The normalized spacial score (nSPS) is 14.4. The van der Waals surface area contributed by atoms with Gasteiger partial charge in [-0.05, 0) is 75.6 Å². The maximum atomic E-state index is 13.9. The fourth-order valence-corrected chi connectivity index (χ4v) is 6.09. The average molecular weight is 575 g/mol. The largest absolute Gasteiger partial charge is 0.444 e. The molecule has 0 atom stereocenters. The van der Waals surface area contributed by atoms with Crippen molar-refractivity contribution in [2.24, 2.45) is 0 Å². The van der Waals surface area contributed by atoms with Gasteiger partial charge in [0.15, 0.2) is 0 Å². The summed E-state index contributed by atoms with van der Waals surface area (Å²) in [4.78, 5) is 29.2. The SMILES string of the molecule is Cc1ccc(S(=O)(=O)n2c(C(=O)C(C#N)=CN(C)C)cc3cc(C4=CCN(C(=O)OC(C)(C)C)CC4)ccc32)cc1. The number of hydrogen-bond acceptors (Lipinski definition) is 7. The molecule has 41 heavy (non-hydrogen) atoms. The van der Waals surface area contributed by atoms with Gasteiger partial charge in [-0.2, -0.15) is 5.26 Å². The fraction of sp³-hybridized carbons (Fsp3) is 0.323. The lowest BCUT2D eigenvalue weighted by Crippen LogP contribution is -2.39. The highest BCUT2D eigenvalue weighted by molar-refractivity contribution is 7.90. The number of nitriles is 1. The van der Waals surface area contributed by atoms with E-state index < -0.39 is 21.4 Å². The van der Waals surface area contributed by atoms with Crippen LogP contribution in [-0.2, 0) is 14.8 Å². The Labute approximate surface area is 241 Å². The summed E-state index contributed by atoms with van der Waals surface area (Å²) in [6.45, 7) is 8.19. The van der Waals surface area contributed by atoms with Gasteiger partial charge in [0.05, 0.1) is 10.4 Å². The molecule has 3 aromatic rings. The topological polar surface area (TPSA) is 113 Å². The van der Waals surface area contributed by atoms with E-state index in [1.54, 1.807) is 42.1 Å². The van der Waals surface area contributed by atoms with Crippen molar-refractivity contribution in [2.45, 2.75) is 44.6 Å². The Balaban J connectivity index is 1.80. The smallest absolute Gasteiger partial charge is 0.410 e. The molecular formula is C31H34N4O5S. The molecule has 0 saturated heterocycles. The van der Waals surface area contributed by atoms with E-state index in [0.717, 1.165) is 20.7 Å². The van der Waals surface area contributed by atoms with Crippen LogP contribution in [0.15, 0.2) is 71.3 Å². The summed E-state index contributed by atoms with van der Waals surface area (Å²) in [7, 11) is -0.826. The van der Waals surface area contributed by atoms with E-state index in [0.29, 0.717) is 30.4 Å². The van der Waals surface area contributed by atoms with Crippen molar-refractivity contribution in [1.29, 1.82) is 5.26 Å². The molecule has 1 aromatic heterocycles. The molecule has 0 spiro atoms. The molecule has 0 fully saturated rings. The Morgan fingerprint density at radius 1 is 1.07 bits per heavy atom. The fourth-order valence-electron chi connectivity index (χ4n) is 4.58. The summed E-state index contributed by atoms with van der Waals surface area (Å²) >= 11 is 0. The Hall–Kier alpha value is -4.36. The van der Waals surface area contributed by atoms with Gasteiger partial charge in [-0.3, -0.25) is 4.79 Å². The van der Waals surface area contributed by atoms with Crippen LogP contribution < -0.4 is 0 Å². The minimum atomic E-state index is -4.18. The van der Waals surface area contributed by atoms with Crippen LogP contribution in [0, 0.1) is 18.3 Å². The van der Waals surface area contributed by atoms with Crippen molar-refractivity contribution in [2.75, 3.05) is 27.2 Å². The third kappa shape index (κ3) is 6.36. The van der Waals surface area contributed by atoms with Gasteiger partial charge in [0.25, 0.3) is 10.0 Å². The number of carbonyl (C=O) groups is 2. The van der Waals surface area contributed by atoms with Gasteiger partial charge in [-0.15, -0.1) is 0 Å². The predicted molar refractivity (Wildman–Crippen MR) is 158 cm³/mol. The molecule has 2 aromatic carbocycles. The lowest BCUT2D eigenvalue weighted by Gasteiger charge is -2.29. The number of aromatic nitrogens is 1. The predicted octanol–water partition coefficient (Wildman–Crippen LogP) is 5.36. The highest BCUT2D eigenvalue weighted by Gasteiger charge is 2.29. The van der Waals surface area contributed by atoms with E-state index in [4.69, 9.17) is 4.74 Å². The van der Waals surface area contributed by atoms with E-state index >= 15 is 0 Å². The van der Waals surface area contributed by atoms with Crippen LogP contribution >= 0.6 is 0 Å². The molecule has 0 bridgehead atoms. The maximum Gasteiger partial charge on any atom is 0.410 e. The molecule has 0 unspecified atom stereocenters. The molecule has 1 aliphatic heterocycles. The van der Waals surface area contributed by atoms with Gasteiger partial charge in [-0.1, -0.05) is 29.8 Å². The molecule has 0 saturated carbocycles. The number of ether oxygens (including phenoxy) is 1. The second-order valence-electron chi connectivity index (χ2n) is 11.2. The number of Topliss-reactive ketones (excluding diaryl/α,β-unsaturated/α-hetero) is 1. The van der Waals surface area contributed by atoms with Crippen molar-refractivity contribution < 1.29 is 22.7 Å². The van der Waals surface area contributed by atoms with Gasteiger partial charge in [0, 0.05) is 38.8 Å². The molecular weight excluding hydrogens is 540 g/mol. The Kier molecular flexibility index (Phi) is 8.13. The first-order chi connectivity index (χ1) is 19.2. The highest BCUT2D eigenvalue weighted by atomic mass is 32.2. The van der Waals surface area contributed by atoms with Gasteiger partial charge < -0.3 is 14.5 Å². The molecule has 1 amide bonds. The van der Waals surface area contributed by atoms with Crippen LogP contribution in [0.2, 0.25) is 0 Å². The number of carbonyl (C=O) groups excluding carboxylic acids is 2. The van der Waals surface area contributed by atoms with E-state index in [1.807, 2.05) is 52.0 Å². The van der Waals surface area contributed by atoms with Gasteiger partial charge in [-0.25, -0.2) is 17.2 Å². The minimum Gasteiger partial charge on any atom is -0.444 e. The van der Waals surface area contributed by atoms with Gasteiger partial charge >= 0.3 is 6.09 Å². The van der Waals surface area contributed by atoms with E-state index in [2.05, 4.69) is 0 Å². The van der Waals surface area contributed by atoms with E-state index in [9.17, 15) is 23.3 Å². The molecule has 214 valence electrons. The zero-order chi connectivity index (χ0) is 30.1. The quantitative estimate of drug-likeness (QED) is 0.221. The number of benzene rings is 2. The Morgan fingerprint density at radius 2 is 1.76 bits per heavy atom. The summed E-state index contributed by atoms with van der Waals surface area (Å²) in [6.07, 6.45) is 3.54. The number of ketones is 1. The van der Waals surface area contributed by atoms with Crippen LogP contribution in [0.4, 0.5) is 4.79 Å². The number of nitrogens with zero attached hydrogens (tertiary/aromatic N) is 4. The summed E-state index contributed by atoms with van der Waals surface area (Å²) in [6, 6.07) is 15.1. The molecule has 2 heterocycles. The van der Waals surface area contributed by atoms with Crippen molar-refractivity contribution in [3.8, 4) is 6.07 Å². The molecule has 0 N–H and O–H groups in total. The number of rotatable bonds is 6. The minimum absolute atomic E-state index is 0.0334. The van der Waals surface area contributed by atoms with Crippen molar-refractivity contribution in [1.82, 2.24) is 13.8 Å². The Bertz CT molecular complexity index is 1720. The first-order valence-corrected chi connectivity index (χ1v) is 14.6. The second-order valence-corrected chi connectivity index (χ2v) is 13.0. The lowest BCUT2D eigenvalue weighted by atomic mass is 9.98. The van der Waals surface area contributed by atoms with Gasteiger partial charge in [0.1, 0.15) is 22.9 Å². The first-order valence-electron chi connectivity index (χ1n) is 13.2. The second kappa shape index (κ2) is 11.3.